The van der Waals surface area contributed by atoms with Gasteiger partial charge in [-0.05, 0) is 33.7 Å². The maximum absolute atomic E-state index is 14.0. The normalized spacial score (nSPS) is 19.2. The van der Waals surface area contributed by atoms with Crippen LogP contribution >= 0.6 is 0 Å². The molecule has 9 heteroatoms. The molecule has 0 aromatic rings. The molecule has 0 radical (unpaired) electrons. The zero-order chi connectivity index (χ0) is 25.3. The number of methoxy groups -OCH3 is 1. The summed E-state index contributed by atoms with van der Waals surface area (Å²) in [5.74, 6) is -0.884. The Morgan fingerprint density at radius 1 is 1.36 bits per heavy atom. The van der Waals surface area contributed by atoms with Crippen LogP contribution in [0, 0.1) is 0 Å². The van der Waals surface area contributed by atoms with E-state index in [2.05, 4.69) is 30.8 Å². The van der Waals surface area contributed by atoms with E-state index in [1.807, 2.05) is 25.8 Å². The van der Waals surface area contributed by atoms with E-state index in [0.29, 0.717) is 24.3 Å². The second kappa shape index (κ2) is 13.5. The lowest BCUT2D eigenvalue weighted by Gasteiger charge is -2.38. The predicted molar refractivity (Wildman–Crippen MR) is 129 cm³/mol. The molecule has 1 fully saturated rings. The van der Waals surface area contributed by atoms with Crippen LogP contribution in [-0.4, -0.2) is 90.7 Å². The number of likely N-dealkylation sites (N-methyl/N-ethyl adjacent to an activating group) is 2. The van der Waals surface area contributed by atoms with Crippen LogP contribution in [0.5, 0.6) is 0 Å². The third-order valence-corrected chi connectivity index (χ3v) is 6.08. The molecule has 1 rings (SSSR count). The first kappa shape index (κ1) is 28.8. The number of halogens is 1. The summed E-state index contributed by atoms with van der Waals surface area (Å²) in [6.45, 7) is 17.6. The number of hydrazine groups is 1. The summed E-state index contributed by atoms with van der Waals surface area (Å²) in [5.41, 5.74) is 4.75. The lowest BCUT2D eigenvalue weighted by Crippen LogP contribution is -2.47. The van der Waals surface area contributed by atoms with Crippen LogP contribution in [0.15, 0.2) is 35.4 Å². The number of carbonyl (C=O) groups excluding carboxylic acids is 2. The van der Waals surface area contributed by atoms with E-state index in [9.17, 15) is 14.0 Å². The van der Waals surface area contributed by atoms with E-state index in [-0.39, 0.29) is 42.9 Å². The average Bonchev–Trinajstić information content (AvgIpc) is 3.03. The summed E-state index contributed by atoms with van der Waals surface area (Å²) in [7, 11) is 3.62. The van der Waals surface area contributed by atoms with Gasteiger partial charge in [-0.25, -0.2) is 9.82 Å². The summed E-state index contributed by atoms with van der Waals surface area (Å²) < 4.78 is 19.2. The molecule has 1 heterocycles. The topological polar surface area (TPSA) is 68.4 Å². The number of amides is 2. The number of carbonyl (C=O) groups is 2. The van der Waals surface area contributed by atoms with Crippen LogP contribution in [-0.2, 0) is 14.3 Å². The first-order chi connectivity index (χ1) is 15.5. The highest BCUT2D eigenvalue weighted by Crippen LogP contribution is 2.24. The molecule has 1 aliphatic heterocycles. The Kier molecular flexibility index (Phi) is 11.8. The predicted octanol–water partition coefficient (Wildman–Crippen LogP) is 2.87. The number of allylic oxidation sites excluding steroid dienone is 2. The van der Waals surface area contributed by atoms with Crippen LogP contribution in [0.25, 0.3) is 0 Å². The first-order valence-corrected chi connectivity index (χ1v) is 11.5. The first-order valence-electron chi connectivity index (χ1n) is 11.5. The van der Waals surface area contributed by atoms with Crippen molar-refractivity contribution >= 4 is 11.8 Å². The maximum atomic E-state index is 14.0. The fourth-order valence-corrected chi connectivity index (χ4v) is 3.94. The number of hydrogen-bond acceptors (Lipinski definition) is 6. The third-order valence-electron chi connectivity index (χ3n) is 6.08. The highest BCUT2D eigenvalue weighted by molar-refractivity contribution is 5.97. The molecule has 0 aliphatic carbocycles. The summed E-state index contributed by atoms with van der Waals surface area (Å²) in [6, 6.07) is -0.344. The minimum absolute atomic E-state index is 0.0527. The molecular formula is C24H42FN5O3. The van der Waals surface area contributed by atoms with Crippen LogP contribution in [0.3, 0.4) is 0 Å². The standard InChI is InChI=1S/C24H42FN5O3/c1-10-12-22(25)16-30-24(32)23(18(4)26-30)19(5)29(21(7)31)15-17(3)27(8)20(6)28(11-2)13-14-33-9/h12,18,20,26H,3,10-11,13-16H2,1-2,4-9H3. The molecular weight excluding hydrogens is 425 g/mol. The van der Waals surface area contributed by atoms with Crippen molar-refractivity contribution in [3.8, 4) is 0 Å². The lowest BCUT2D eigenvalue weighted by molar-refractivity contribution is -0.127. The molecule has 0 spiro atoms. The number of hydrogen-bond donors (Lipinski definition) is 1. The second-order valence-corrected chi connectivity index (χ2v) is 8.34. The van der Waals surface area contributed by atoms with Crippen molar-refractivity contribution in [3.05, 3.63) is 35.4 Å². The monoisotopic (exact) mass is 467 g/mol. The molecule has 2 amide bonds. The van der Waals surface area contributed by atoms with Gasteiger partial charge in [-0.15, -0.1) is 0 Å². The van der Waals surface area contributed by atoms with E-state index >= 15 is 0 Å². The largest absolute Gasteiger partial charge is 0.383 e. The Morgan fingerprint density at radius 2 is 2.00 bits per heavy atom. The Labute approximate surface area is 198 Å². The molecule has 33 heavy (non-hydrogen) atoms. The quantitative estimate of drug-likeness (QED) is 0.332. The fourth-order valence-electron chi connectivity index (χ4n) is 3.94. The molecule has 2 atom stereocenters. The molecule has 0 bridgehead atoms. The maximum Gasteiger partial charge on any atom is 0.267 e. The average molecular weight is 468 g/mol. The van der Waals surface area contributed by atoms with E-state index < -0.39 is 0 Å². The van der Waals surface area contributed by atoms with Crippen LogP contribution in [0.2, 0.25) is 0 Å². The highest BCUT2D eigenvalue weighted by atomic mass is 19.1. The molecule has 2 unspecified atom stereocenters. The molecule has 0 aromatic carbocycles. The number of nitrogens with one attached hydrogen (secondary N) is 1. The minimum atomic E-state index is -0.370. The van der Waals surface area contributed by atoms with Crippen LogP contribution in [0.4, 0.5) is 4.39 Å². The summed E-state index contributed by atoms with van der Waals surface area (Å²) in [6.07, 6.45) is 2.05. The zero-order valence-corrected chi connectivity index (χ0v) is 21.6. The van der Waals surface area contributed by atoms with Crippen molar-refractivity contribution in [1.82, 2.24) is 25.1 Å². The third kappa shape index (κ3) is 7.65. The molecule has 188 valence electrons. The van der Waals surface area contributed by atoms with Gasteiger partial charge < -0.3 is 14.5 Å². The van der Waals surface area contributed by atoms with Gasteiger partial charge in [0.15, 0.2) is 0 Å². The van der Waals surface area contributed by atoms with Crippen LogP contribution in [0.1, 0.15) is 48.0 Å². The van der Waals surface area contributed by atoms with Crippen molar-refractivity contribution in [2.75, 3.05) is 46.9 Å². The van der Waals surface area contributed by atoms with Crippen LogP contribution < -0.4 is 5.43 Å². The number of nitrogens with zero attached hydrogens (tertiary/aromatic N) is 4. The van der Waals surface area contributed by atoms with Gasteiger partial charge >= 0.3 is 0 Å². The van der Waals surface area contributed by atoms with Gasteiger partial charge in [0, 0.05) is 39.0 Å². The molecule has 8 nitrogen and oxygen atoms in total. The molecule has 0 saturated carbocycles. The fraction of sp³-hybridized carbons (Fsp3) is 0.667. The van der Waals surface area contributed by atoms with E-state index in [1.54, 1.807) is 18.9 Å². The number of ether oxygens (including phenoxy) is 1. The zero-order valence-electron chi connectivity index (χ0n) is 21.6. The molecule has 0 aromatic heterocycles. The van der Waals surface area contributed by atoms with Gasteiger partial charge in [0.25, 0.3) is 5.91 Å². The summed E-state index contributed by atoms with van der Waals surface area (Å²) >= 11 is 0. The summed E-state index contributed by atoms with van der Waals surface area (Å²) in [5, 5.41) is 1.27. The Hall–Kier alpha value is -2.23. The van der Waals surface area contributed by atoms with Gasteiger partial charge in [0.05, 0.1) is 37.5 Å². The summed E-state index contributed by atoms with van der Waals surface area (Å²) in [4.78, 5) is 31.4. The van der Waals surface area contributed by atoms with Crippen molar-refractivity contribution in [1.29, 1.82) is 0 Å². The van der Waals surface area contributed by atoms with Gasteiger partial charge in [-0.2, -0.15) is 0 Å². The Bertz CT molecular complexity index is 767. The van der Waals surface area contributed by atoms with Gasteiger partial charge in [-0.3, -0.25) is 19.5 Å². The molecule has 1 N–H and O–H groups in total. The van der Waals surface area contributed by atoms with Gasteiger partial charge in [0.2, 0.25) is 5.91 Å². The van der Waals surface area contributed by atoms with Gasteiger partial charge in [0.1, 0.15) is 5.83 Å². The Morgan fingerprint density at radius 3 is 2.52 bits per heavy atom. The second-order valence-electron chi connectivity index (χ2n) is 8.34. The van der Waals surface area contributed by atoms with Crippen molar-refractivity contribution in [2.45, 2.75) is 60.2 Å². The minimum Gasteiger partial charge on any atom is -0.383 e. The Balaban J connectivity index is 3.06. The van der Waals surface area contributed by atoms with Gasteiger partial charge in [-0.1, -0.05) is 26.5 Å². The van der Waals surface area contributed by atoms with E-state index in [0.717, 1.165) is 18.8 Å². The highest BCUT2D eigenvalue weighted by Gasteiger charge is 2.36. The van der Waals surface area contributed by atoms with E-state index in [4.69, 9.17) is 4.74 Å². The van der Waals surface area contributed by atoms with Crippen molar-refractivity contribution < 1.29 is 18.7 Å². The number of rotatable bonds is 13. The van der Waals surface area contributed by atoms with Crippen molar-refractivity contribution in [2.24, 2.45) is 0 Å². The van der Waals surface area contributed by atoms with E-state index in [1.165, 1.54) is 18.0 Å². The lowest BCUT2D eigenvalue weighted by atomic mass is 10.1. The SMILES string of the molecule is C=C(CN(C(C)=O)C(C)=C1C(=O)N(CC(F)=CCC)NC1C)N(C)C(C)N(CC)CCOC. The molecule has 1 aliphatic rings. The van der Waals surface area contributed by atoms with Crippen molar-refractivity contribution in [3.63, 3.8) is 0 Å². The smallest absolute Gasteiger partial charge is 0.267 e. The molecule has 1 saturated heterocycles.